The number of fused-ring (bicyclic) bond motifs is 3. The first-order valence-corrected chi connectivity index (χ1v) is 21.6. The van der Waals surface area contributed by atoms with Gasteiger partial charge in [-0.1, -0.05) is 6.07 Å². The third-order valence-corrected chi connectivity index (χ3v) is 12.0. The van der Waals surface area contributed by atoms with E-state index in [1.807, 2.05) is 0 Å². The fourth-order valence-corrected chi connectivity index (χ4v) is 8.26. The van der Waals surface area contributed by atoms with E-state index in [0.29, 0.717) is 0 Å². The van der Waals surface area contributed by atoms with Crippen LogP contribution in [0.5, 0.6) is 0 Å². The highest BCUT2D eigenvalue weighted by Gasteiger charge is 2.34. The number of hydrogen-bond donors (Lipinski definition) is 0. The number of rotatable bonds is 6. The van der Waals surface area contributed by atoms with E-state index >= 15 is 26.3 Å². The quantitative estimate of drug-likeness (QED) is 0.0519. The first-order valence-electron chi connectivity index (χ1n) is 21.6. The molecule has 10 rings (SSSR count). The first-order chi connectivity index (χ1) is 39.2. The molecule has 1 aromatic heterocycles. The van der Waals surface area contributed by atoms with Crippen molar-refractivity contribution in [2.75, 3.05) is 0 Å². The smallest absolute Gasteiger partial charge is 0.239 e. The van der Waals surface area contributed by atoms with E-state index < -0.39 is 194 Å². The predicted octanol–water partition coefficient (Wildman–Crippen LogP) is 8.45. The molecule has 0 aliphatic carbocycles. The van der Waals surface area contributed by atoms with Gasteiger partial charge in [-0.05, 0) is 30.3 Å². The minimum atomic E-state index is -2.56. The van der Waals surface area contributed by atoms with Gasteiger partial charge in [0.1, 0.15) is 46.1 Å². The number of hydrogen-bond acceptors (Lipinski definition) is 13. The Morgan fingerprint density at radius 1 is 0.366 bits per heavy atom. The van der Waals surface area contributed by atoms with Gasteiger partial charge >= 0.3 is 0 Å². The van der Waals surface area contributed by atoms with Crippen LogP contribution in [0.1, 0.15) is 27.8 Å². The Morgan fingerprint density at radius 2 is 0.695 bits per heavy atom. The van der Waals surface area contributed by atoms with Gasteiger partial charge in [0.25, 0.3) is 5.69 Å². The Balaban J connectivity index is 1.23. The SMILES string of the molecule is [C-]#[N+]/C(=C1/N=c2ccc(-c3nc(-c4ccc5c(c4C#N)=N/C(=C(\C#N)c4c(F)c(F)c([N+]#[C-])c(F)c4F)N=5)nc(-c4ccc5c(c4[N+]#[C-])=N/C(=C(\C#N)c4c(F)c(F)c(F)c(F)c4F)N=5)n3)c(C#N)c2=N1)c1c(F)c(F)c(F)c(F)c1F. The van der Waals surface area contributed by atoms with E-state index in [1.165, 1.54) is 12.1 Å². The largest absolute Gasteiger partial charge is 0.262 e. The van der Waals surface area contributed by atoms with E-state index in [-0.39, 0.29) is 27.2 Å². The molecule has 0 saturated carbocycles. The Morgan fingerprint density at radius 3 is 1.09 bits per heavy atom. The van der Waals surface area contributed by atoms with Gasteiger partial charge in [0.05, 0.1) is 69.0 Å². The topological polar surface area (TPSA) is 221 Å². The van der Waals surface area contributed by atoms with E-state index in [1.54, 1.807) is 12.1 Å². The molecule has 6 aromatic carbocycles. The van der Waals surface area contributed by atoms with Crippen LogP contribution in [0.25, 0.3) is 65.5 Å². The van der Waals surface area contributed by atoms with Crippen LogP contribution in [0.15, 0.2) is 83.8 Å². The van der Waals surface area contributed by atoms with Crippen LogP contribution >= 0.6 is 0 Å². The lowest BCUT2D eigenvalue weighted by Crippen LogP contribution is -2.26. The Bertz CT molecular complexity index is 4840. The van der Waals surface area contributed by atoms with Crippen LogP contribution in [0.3, 0.4) is 0 Å². The highest BCUT2D eigenvalue weighted by Crippen LogP contribution is 2.38. The zero-order valence-corrected chi connectivity index (χ0v) is 38.9. The van der Waals surface area contributed by atoms with Gasteiger partial charge in [-0.2, -0.15) is 21.0 Å². The van der Waals surface area contributed by atoms with Crippen molar-refractivity contribution in [1.29, 1.82) is 21.0 Å². The highest BCUT2D eigenvalue weighted by atomic mass is 19.2. The zero-order valence-electron chi connectivity index (χ0n) is 38.9. The molecule has 0 bridgehead atoms. The third kappa shape index (κ3) is 7.81. The van der Waals surface area contributed by atoms with Crippen molar-refractivity contribution in [2.24, 2.45) is 30.0 Å². The van der Waals surface area contributed by atoms with Crippen LogP contribution in [0.4, 0.5) is 72.8 Å². The van der Waals surface area contributed by atoms with E-state index in [4.69, 9.17) is 19.7 Å². The lowest BCUT2D eigenvalue weighted by Gasteiger charge is -2.11. The average molecular weight is 1120 g/mol. The van der Waals surface area contributed by atoms with Gasteiger partial charge in [0, 0.05) is 16.7 Å². The number of nitrogens with zero attached hydrogens (tertiary/aromatic N) is 16. The molecule has 0 radical (unpaired) electrons. The van der Waals surface area contributed by atoms with Crippen molar-refractivity contribution in [1.82, 2.24) is 15.0 Å². The molecule has 392 valence electrons. The van der Waals surface area contributed by atoms with Crippen molar-refractivity contribution in [3.63, 3.8) is 0 Å². The molecule has 0 atom stereocenters. The summed E-state index contributed by atoms with van der Waals surface area (Å²) in [5.74, 6) is -38.0. The standard InChI is InChI=1S/C52H6F14N16/c1-71-43-16(6-9-23-44(43)79-51(75-23)19(12-69)24-27(53)33(59)37(63)34(60)28(24)54)49-81-47(14-4-7-21-41(17(14)10-67)77-50(74-21)20(13-70)25-29(55)39(65)46(73-3)40(66)30(25)56)80-48(82-49)15-5-8-22-42(18(15)11-68)78-52(76-22)45(72-2)26-31(57)35(61)38(64)36(62)32(26)58/h4-9H/b50-20+,51-19+,52-45-. The second-order valence-electron chi connectivity index (χ2n) is 16.2. The van der Waals surface area contributed by atoms with Crippen molar-refractivity contribution in [3.05, 3.63) is 230 Å². The number of allylic oxidation sites excluding steroid dienone is 2. The van der Waals surface area contributed by atoms with Gasteiger partial charge in [0.15, 0.2) is 111 Å². The van der Waals surface area contributed by atoms with Crippen LogP contribution in [-0.4, -0.2) is 15.0 Å². The van der Waals surface area contributed by atoms with Crippen molar-refractivity contribution in [3.8, 4) is 58.4 Å². The third-order valence-electron chi connectivity index (χ3n) is 12.0. The molecule has 30 heteroatoms. The molecule has 82 heavy (non-hydrogen) atoms. The number of halogens is 14. The van der Waals surface area contributed by atoms with E-state index in [9.17, 15) is 56.2 Å². The minimum absolute atomic E-state index is 0.327. The minimum Gasteiger partial charge on any atom is -0.239 e. The first kappa shape index (κ1) is 53.2. The predicted molar refractivity (Wildman–Crippen MR) is 242 cm³/mol. The van der Waals surface area contributed by atoms with Crippen LogP contribution < -0.4 is 32.1 Å². The molecule has 0 N–H and O–H groups in total. The summed E-state index contributed by atoms with van der Waals surface area (Å²) in [6.07, 6.45) is 0. The molecule has 7 aromatic rings. The Hall–Kier alpha value is -12.2. The van der Waals surface area contributed by atoms with Crippen LogP contribution in [-0.2, 0) is 0 Å². The maximum atomic E-state index is 15.3. The summed E-state index contributed by atoms with van der Waals surface area (Å²) >= 11 is 0. The van der Waals surface area contributed by atoms with Gasteiger partial charge in [-0.15, -0.1) is 0 Å². The summed E-state index contributed by atoms with van der Waals surface area (Å²) < 4.78 is 205. The summed E-state index contributed by atoms with van der Waals surface area (Å²) in [6, 6.07) is 12.6. The molecular formula is C52H6F14N16. The van der Waals surface area contributed by atoms with Crippen LogP contribution in [0.2, 0.25) is 0 Å². The van der Waals surface area contributed by atoms with E-state index in [0.717, 1.165) is 36.4 Å². The number of benzene rings is 6. The fourth-order valence-electron chi connectivity index (χ4n) is 8.26. The molecule has 0 amide bonds. The number of aromatic nitrogens is 3. The molecule has 16 nitrogen and oxygen atoms in total. The van der Waals surface area contributed by atoms with Crippen molar-refractivity contribution < 1.29 is 61.5 Å². The molecule has 0 unspecified atom stereocenters. The maximum Gasteiger partial charge on any atom is 0.262 e. The van der Waals surface area contributed by atoms with E-state index in [2.05, 4.69) is 59.4 Å². The normalized spacial score (nSPS) is 14.2. The second-order valence-corrected chi connectivity index (χ2v) is 16.2. The van der Waals surface area contributed by atoms with Gasteiger partial charge in [-0.25, -0.2) is 121 Å². The molecule has 0 spiro atoms. The zero-order chi connectivity index (χ0) is 59.1. The van der Waals surface area contributed by atoms with Gasteiger partial charge in [-0.3, -0.25) is 0 Å². The lowest BCUT2D eigenvalue weighted by molar-refractivity contribution is 0.376. The molecule has 4 heterocycles. The summed E-state index contributed by atoms with van der Waals surface area (Å²) in [6.45, 7) is 22.7. The molecule has 3 aliphatic heterocycles. The Labute approximate surface area is 442 Å². The molecular weight excluding hydrogens is 1110 g/mol. The summed E-state index contributed by atoms with van der Waals surface area (Å²) in [4.78, 5) is 46.0. The van der Waals surface area contributed by atoms with Gasteiger partial charge in [0.2, 0.25) is 17.2 Å². The fraction of sp³-hybridized carbons (Fsp3) is 0. The second kappa shape index (κ2) is 19.7. The Kier molecular flexibility index (Phi) is 12.8. The average Bonchev–Trinajstić information content (AvgIpc) is 4.38. The molecule has 0 fully saturated rings. The summed E-state index contributed by atoms with van der Waals surface area (Å²) in [5, 5.41) is 38.7. The lowest BCUT2D eigenvalue weighted by atomic mass is 10.0. The summed E-state index contributed by atoms with van der Waals surface area (Å²) in [5.41, 5.74) is -13.6. The molecule has 3 aliphatic rings. The molecule has 0 saturated heterocycles. The monoisotopic (exact) mass is 1120 g/mol. The summed E-state index contributed by atoms with van der Waals surface area (Å²) in [7, 11) is 0. The van der Waals surface area contributed by atoms with Crippen molar-refractivity contribution in [2.45, 2.75) is 0 Å². The van der Waals surface area contributed by atoms with Crippen LogP contribution in [0, 0.1) is 146 Å². The van der Waals surface area contributed by atoms with Crippen molar-refractivity contribution >= 4 is 28.2 Å². The van der Waals surface area contributed by atoms with Gasteiger partial charge < -0.3 is 0 Å². The highest BCUT2D eigenvalue weighted by molar-refractivity contribution is 5.83. The maximum absolute atomic E-state index is 15.3. The number of nitriles is 4.